The fourth-order valence-electron chi connectivity index (χ4n) is 5.58. The van der Waals surface area contributed by atoms with Crippen molar-refractivity contribution < 1.29 is 45.8 Å². The van der Waals surface area contributed by atoms with Crippen molar-refractivity contribution in [2.75, 3.05) is 19.0 Å². The van der Waals surface area contributed by atoms with E-state index < -0.39 is 52.3 Å². The molecular formula is C40H35F3N2O7S. The van der Waals surface area contributed by atoms with Gasteiger partial charge in [-0.25, -0.2) is 8.42 Å². The highest BCUT2D eigenvalue weighted by molar-refractivity contribution is 7.90. The highest BCUT2D eigenvalue weighted by Gasteiger charge is 2.34. The standard InChI is InChI=1S/C40H35F3N2O7S/c1-26-3-9-29(10-4-26)30-14-19-35(20-15-30)53(50,51)25-28-7-5-27(6-8-28)23-45(24-38(47)48)39(49)31-11-16-33(17-12-31)44-37(46)21-32-13-18-34(52-2)22-36(32)40(41,42)43/h3-20,22H,21,23-25H2,1-2H3,(H,44,46)(H,47,48). The Kier molecular flexibility index (Phi) is 11.7. The summed E-state index contributed by atoms with van der Waals surface area (Å²) >= 11 is 0. The minimum absolute atomic E-state index is 0.00173. The fraction of sp³-hybridized carbons (Fsp3) is 0.175. The molecule has 5 rings (SSSR count). The first-order valence-electron chi connectivity index (χ1n) is 16.2. The summed E-state index contributed by atoms with van der Waals surface area (Å²) in [6, 6.07) is 29.9. The molecule has 0 spiro atoms. The third-order valence-electron chi connectivity index (χ3n) is 8.35. The Morgan fingerprint density at radius 1 is 0.792 bits per heavy atom. The van der Waals surface area contributed by atoms with Gasteiger partial charge in [0, 0.05) is 17.8 Å². The van der Waals surface area contributed by atoms with Crippen LogP contribution >= 0.6 is 0 Å². The SMILES string of the molecule is COc1ccc(CC(=O)Nc2ccc(C(=O)N(CC(=O)O)Cc3ccc(CS(=O)(=O)c4ccc(-c5ccc(C)cc5)cc4)cc3)cc2)c(C(F)(F)F)c1. The molecule has 2 N–H and O–H groups in total. The molecular weight excluding hydrogens is 710 g/mol. The van der Waals surface area contributed by atoms with Gasteiger partial charge in [-0.2, -0.15) is 13.2 Å². The second-order valence-corrected chi connectivity index (χ2v) is 14.3. The van der Waals surface area contributed by atoms with E-state index in [9.17, 15) is 41.1 Å². The van der Waals surface area contributed by atoms with Crippen LogP contribution in [0.4, 0.5) is 18.9 Å². The minimum Gasteiger partial charge on any atom is -0.497 e. The van der Waals surface area contributed by atoms with E-state index in [0.29, 0.717) is 11.1 Å². The van der Waals surface area contributed by atoms with Gasteiger partial charge in [0.2, 0.25) is 5.91 Å². The van der Waals surface area contributed by atoms with Crippen molar-refractivity contribution in [3.8, 4) is 16.9 Å². The number of carboxylic acid groups (broad SMARTS) is 1. The van der Waals surface area contributed by atoms with Crippen LogP contribution in [0.25, 0.3) is 11.1 Å². The molecule has 274 valence electrons. The molecule has 0 fully saturated rings. The Hall–Kier alpha value is -5.95. The Labute approximate surface area is 304 Å². The van der Waals surface area contributed by atoms with Gasteiger partial charge >= 0.3 is 12.1 Å². The number of rotatable bonds is 13. The molecule has 0 atom stereocenters. The molecule has 2 amide bonds. The van der Waals surface area contributed by atoms with E-state index in [0.717, 1.165) is 27.7 Å². The second-order valence-electron chi connectivity index (χ2n) is 12.3. The number of halogens is 3. The Balaban J connectivity index is 1.21. The van der Waals surface area contributed by atoms with Crippen molar-refractivity contribution in [2.24, 2.45) is 0 Å². The molecule has 0 bridgehead atoms. The summed E-state index contributed by atoms with van der Waals surface area (Å²) in [5.41, 5.74) is 3.13. The molecule has 0 heterocycles. The summed E-state index contributed by atoms with van der Waals surface area (Å²) in [6.45, 7) is 1.26. The molecule has 0 aromatic heterocycles. The van der Waals surface area contributed by atoms with Crippen LogP contribution in [0.15, 0.2) is 120 Å². The molecule has 0 unspecified atom stereocenters. The molecule has 0 aliphatic carbocycles. The quantitative estimate of drug-likeness (QED) is 0.127. The lowest BCUT2D eigenvalue weighted by atomic mass is 10.0. The van der Waals surface area contributed by atoms with Gasteiger partial charge in [0.1, 0.15) is 12.3 Å². The average Bonchev–Trinajstić information content (AvgIpc) is 3.12. The highest BCUT2D eigenvalue weighted by atomic mass is 32.2. The maximum Gasteiger partial charge on any atom is 0.416 e. The van der Waals surface area contributed by atoms with Crippen molar-refractivity contribution in [1.29, 1.82) is 0 Å². The third-order valence-corrected chi connectivity index (χ3v) is 10.1. The number of carbonyl (C=O) groups is 3. The lowest BCUT2D eigenvalue weighted by Crippen LogP contribution is -2.35. The van der Waals surface area contributed by atoms with E-state index >= 15 is 0 Å². The predicted octanol–water partition coefficient (Wildman–Crippen LogP) is 7.57. The van der Waals surface area contributed by atoms with Crippen LogP contribution in [0.5, 0.6) is 5.75 Å². The number of ether oxygens (including phenoxy) is 1. The number of nitrogens with one attached hydrogen (secondary N) is 1. The molecule has 13 heteroatoms. The summed E-state index contributed by atoms with van der Waals surface area (Å²) in [7, 11) is -2.44. The molecule has 0 saturated carbocycles. The van der Waals surface area contributed by atoms with Crippen molar-refractivity contribution in [3.05, 3.63) is 149 Å². The maximum atomic E-state index is 13.6. The number of alkyl halides is 3. The maximum absolute atomic E-state index is 13.6. The smallest absolute Gasteiger partial charge is 0.416 e. The number of hydrogen-bond donors (Lipinski definition) is 2. The number of methoxy groups -OCH3 is 1. The van der Waals surface area contributed by atoms with Crippen LogP contribution in [0, 0.1) is 6.92 Å². The van der Waals surface area contributed by atoms with Gasteiger partial charge in [-0.15, -0.1) is 0 Å². The third kappa shape index (κ3) is 10.1. The fourth-order valence-corrected chi connectivity index (χ4v) is 6.93. The Morgan fingerprint density at radius 3 is 1.94 bits per heavy atom. The van der Waals surface area contributed by atoms with E-state index in [1.54, 1.807) is 48.5 Å². The summed E-state index contributed by atoms with van der Waals surface area (Å²) in [4.78, 5) is 38.9. The summed E-state index contributed by atoms with van der Waals surface area (Å²) < 4.78 is 71.9. The number of hydrogen-bond acceptors (Lipinski definition) is 6. The number of nitrogens with zero attached hydrogens (tertiary/aromatic N) is 1. The van der Waals surface area contributed by atoms with Gasteiger partial charge in [0.05, 0.1) is 29.7 Å². The topological polar surface area (TPSA) is 130 Å². The van der Waals surface area contributed by atoms with Crippen molar-refractivity contribution in [1.82, 2.24) is 4.90 Å². The van der Waals surface area contributed by atoms with E-state index in [2.05, 4.69) is 5.32 Å². The van der Waals surface area contributed by atoms with E-state index in [1.807, 2.05) is 31.2 Å². The number of aliphatic carboxylic acids is 1. The summed E-state index contributed by atoms with van der Waals surface area (Å²) in [5, 5.41) is 12.0. The van der Waals surface area contributed by atoms with E-state index in [4.69, 9.17) is 4.74 Å². The van der Waals surface area contributed by atoms with Gasteiger partial charge in [-0.05, 0) is 83.3 Å². The monoisotopic (exact) mass is 744 g/mol. The molecule has 5 aromatic rings. The van der Waals surface area contributed by atoms with Gasteiger partial charge in [-0.1, -0.05) is 72.3 Å². The van der Waals surface area contributed by atoms with Crippen molar-refractivity contribution in [3.63, 3.8) is 0 Å². The molecule has 9 nitrogen and oxygen atoms in total. The van der Waals surface area contributed by atoms with Crippen molar-refractivity contribution >= 4 is 33.3 Å². The number of benzene rings is 5. The first-order chi connectivity index (χ1) is 25.1. The molecule has 0 saturated heterocycles. The predicted molar refractivity (Wildman–Crippen MR) is 193 cm³/mol. The molecule has 0 aliphatic rings. The Morgan fingerprint density at radius 2 is 1.38 bits per heavy atom. The number of aryl methyl sites for hydroxylation is 1. The normalized spacial score (nSPS) is 11.5. The van der Waals surface area contributed by atoms with Crippen LogP contribution in [0.1, 0.15) is 38.2 Å². The lowest BCUT2D eigenvalue weighted by Gasteiger charge is -2.21. The van der Waals surface area contributed by atoms with Gasteiger partial charge in [0.25, 0.3) is 5.91 Å². The summed E-state index contributed by atoms with van der Waals surface area (Å²) in [5.74, 6) is -2.87. The number of amides is 2. The average molecular weight is 745 g/mol. The van der Waals surface area contributed by atoms with Crippen LogP contribution < -0.4 is 10.1 Å². The molecule has 0 radical (unpaired) electrons. The van der Waals surface area contributed by atoms with Gasteiger partial charge < -0.3 is 20.1 Å². The highest BCUT2D eigenvalue weighted by Crippen LogP contribution is 2.35. The molecule has 5 aromatic carbocycles. The minimum atomic E-state index is -4.70. The van der Waals surface area contributed by atoms with Gasteiger partial charge in [0.15, 0.2) is 9.84 Å². The molecule has 53 heavy (non-hydrogen) atoms. The second kappa shape index (κ2) is 16.2. The van der Waals surface area contributed by atoms with Crippen LogP contribution in [-0.2, 0) is 44.3 Å². The molecule has 0 aliphatic heterocycles. The van der Waals surface area contributed by atoms with Crippen LogP contribution in [0.3, 0.4) is 0 Å². The van der Waals surface area contributed by atoms with Crippen LogP contribution in [-0.4, -0.2) is 49.9 Å². The lowest BCUT2D eigenvalue weighted by molar-refractivity contribution is -0.139. The largest absolute Gasteiger partial charge is 0.497 e. The summed E-state index contributed by atoms with van der Waals surface area (Å²) in [6.07, 6.45) is -5.27. The van der Waals surface area contributed by atoms with Crippen LogP contribution in [0.2, 0.25) is 0 Å². The zero-order valence-corrected chi connectivity index (χ0v) is 29.5. The number of carbonyl (C=O) groups excluding carboxylic acids is 2. The number of sulfone groups is 1. The number of carboxylic acids is 1. The number of anilines is 1. The zero-order valence-electron chi connectivity index (χ0n) is 28.7. The van der Waals surface area contributed by atoms with E-state index in [1.165, 1.54) is 43.5 Å². The van der Waals surface area contributed by atoms with E-state index in [-0.39, 0.29) is 39.8 Å². The zero-order chi connectivity index (χ0) is 38.3. The first kappa shape index (κ1) is 38.3. The van der Waals surface area contributed by atoms with Gasteiger partial charge in [-0.3, -0.25) is 14.4 Å². The Bertz CT molecular complexity index is 2200. The van der Waals surface area contributed by atoms with Crippen molar-refractivity contribution in [2.45, 2.75) is 36.7 Å². The first-order valence-corrected chi connectivity index (χ1v) is 17.9.